The van der Waals surface area contributed by atoms with Crippen molar-refractivity contribution in [2.75, 3.05) is 12.1 Å². The Kier molecular flexibility index (Phi) is 6.42. The van der Waals surface area contributed by atoms with Gasteiger partial charge in [-0.2, -0.15) is 0 Å². The van der Waals surface area contributed by atoms with Crippen LogP contribution in [-0.2, 0) is 19.5 Å². The summed E-state index contributed by atoms with van der Waals surface area (Å²) in [6.07, 6.45) is 0.887. The van der Waals surface area contributed by atoms with Crippen molar-refractivity contribution in [2.24, 2.45) is 0 Å². The Bertz CT molecular complexity index is 1460. The summed E-state index contributed by atoms with van der Waals surface area (Å²) in [7, 11) is 0. The second-order valence-electron chi connectivity index (χ2n) is 8.65. The van der Waals surface area contributed by atoms with Gasteiger partial charge in [-0.05, 0) is 71.9 Å². The molecule has 0 saturated heterocycles. The third-order valence-corrected chi connectivity index (χ3v) is 6.62. The van der Waals surface area contributed by atoms with Crippen molar-refractivity contribution in [1.29, 1.82) is 0 Å². The molecule has 0 radical (unpaired) electrons. The van der Waals surface area contributed by atoms with E-state index < -0.39 is 0 Å². The van der Waals surface area contributed by atoms with Crippen molar-refractivity contribution in [1.82, 2.24) is 9.88 Å². The third kappa shape index (κ3) is 4.86. The molecule has 0 aliphatic carbocycles. The Morgan fingerprint density at radius 1 is 1.00 bits per heavy atom. The molecule has 0 saturated carbocycles. The number of anilines is 1. The van der Waals surface area contributed by atoms with Crippen LogP contribution in [0.4, 0.5) is 5.69 Å². The van der Waals surface area contributed by atoms with Crippen LogP contribution < -0.4 is 20.3 Å². The molecule has 6 nitrogen and oxygen atoms in total. The van der Waals surface area contributed by atoms with Crippen LogP contribution in [-0.4, -0.2) is 21.8 Å². The molecular formula is C28H27N3O3S. The molecule has 178 valence electrons. The summed E-state index contributed by atoms with van der Waals surface area (Å²) in [5.41, 5.74) is 5.60. The normalized spacial score (nSPS) is 12.1. The fourth-order valence-corrected chi connectivity index (χ4v) is 4.59. The summed E-state index contributed by atoms with van der Waals surface area (Å²) >= 11 is 5.87. The maximum absolute atomic E-state index is 13.0. The average Bonchev–Trinajstić information content (AvgIpc) is 3.33. The highest BCUT2D eigenvalue weighted by atomic mass is 32.1. The molecule has 0 spiro atoms. The number of aryl methyl sites for hydroxylation is 2. The van der Waals surface area contributed by atoms with Gasteiger partial charge in [-0.15, -0.1) is 0 Å². The molecular weight excluding hydrogens is 458 g/mol. The van der Waals surface area contributed by atoms with Crippen LogP contribution in [0.5, 0.6) is 11.5 Å². The number of H-pyrrole nitrogens is 1. The molecule has 0 bridgehead atoms. The van der Waals surface area contributed by atoms with Crippen LogP contribution in [0.3, 0.4) is 0 Å². The molecule has 35 heavy (non-hydrogen) atoms. The number of para-hydroxylation sites is 2. The van der Waals surface area contributed by atoms with E-state index in [2.05, 4.69) is 23.3 Å². The second kappa shape index (κ2) is 9.80. The number of aromatic amines is 1. The number of fused-ring (bicyclic) bond motifs is 2. The van der Waals surface area contributed by atoms with Gasteiger partial charge >= 0.3 is 0 Å². The number of ether oxygens (including phenoxy) is 2. The highest BCUT2D eigenvalue weighted by molar-refractivity contribution is 7.80. The topological polar surface area (TPSA) is 66.6 Å². The van der Waals surface area contributed by atoms with Crippen molar-refractivity contribution < 1.29 is 9.47 Å². The Balaban J connectivity index is 1.48. The summed E-state index contributed by atoms with van der Waals surface area (Å²) in [5.74, 6) is 1.45. The summed E-state index contributed by atoms with van der Waals surface area (Å²) in [4.78, 5) is 18.1. The van der Waals surface area contributed by atoms with Crippen LogP contribution in [0.1, 0.15) is 29.2 Å². The van der Waals surface area contributed by atoms with Crippen molar-refractivity contribution in [2.45, 2.75) is 33.4 Å². The number of nitrogens with zero attached hydrogens (tertiary/aromatic N) is 1. The van der Waals surface area contributed by atoms with Crippen molar-refractivity contribution in [3.05, 3.63) is 99.3 Å². The van der Waals surface area contributed by atoms with Crippen LogP contribution >= 0.6 is 12.2 Å². The van der Waals surface area contributed by atoms with Gasteiger partial charge in [0.15, 0.2) is 16.6 Å². The Labute approximate surface area is 209 Å². The molecule has 0 fully saturated rings. The van der Waals surface area contributed by atoms with Crippen LogP contribution in [0.15, 0.2) is 71.5 Å². The lowest BCUT2D eigenvalue weighted by Gasteiger charge is -2.27. The maximum Gasteiger partial charge on any atom is 0.253 e. The number of hydrogen-bond acceptors (Lipinski definition) is 4. The highest BCUT2D eigenvalue weighted by Crippen LogP contribution is 2.33. The van der Waals surface area contributed by atoms with Gasteiger partial charge in [0.2, 0.25) is 6.79 Å². The summed E-state index contributed by atoms with van der Waals surface area (Å²) in [6.45, 7) is 5.19. The number of pyridine rings is 1. The largest absolute Gasteiger partial charge is 0.454 e. The lowest BCUT2D eigenvalue weighted by Crippen LogP contribution is -2.35. The Morgan fingerprint density at radius 2 is 1.83 bits per heavy atom. The zero-order valence-electron chi connectivity index (χ0n) is 19.8. The molecule has 1 aliphatic heterocycles. The molecule has 0 unspecified atom stereocenters. The van der Waals surface area contributed by atoms with Gasteiger partial charge in [-0.1, -0.05) is 49.4 Å². The van der Waals surface area contributed by atoms with Gasteiger partial charge in [0.05, 0.1) is 12.1 Å². The molecule has 4 aromatic rings. The number of thiocarbonyl (C=S) groups is 1. The van der Waals surface area contributed by atoms with E-state index in [0.717, 1.165) is 45.6 Å². The van der Waals surface area contributed by atoms with E-state index in [0.29, 0.717) is 23.8 Å². The van der Waals surface area contributed by atoms with E-state index in [4.69, 9.17) is 21.7 Å². The zero-order chi connectivity index (χ0) is 24.4. The quantitative estimate of drug-likeness (QED) is 0.350. The van der Waals surface area contributed by atoms with Crippen molar-refractivity contribution in [3.8, 4) is 11.5 Å². The van der Waals surface area contributed by atoms with E-state index >= 15 is 0 Å². The predicted molar refractivity (Wildman–Crippen MR) is 143 cm³/mol. The first-order chi connectivity index (χ1) is 17.0. The number of nitrogens with one attached hydrogen (secondary N) is 2. The number of rotatable bonds is 6. The molecule has 1 aromatic heterocycles. The summed E-state index contributed by atoms with van der Waals surface area (Å²) < 4.78 is 11.0. The number of hydrogen-bond donors (Lipinski definition) is 2. The average molecular weight is 486 g/mol. The SMILES string of the molecule is CCc1ccccc1NC(=S)N(Cc1ccc2c(c1)OCO2)Cc1cc2cccc(C)c2[nH]c1=O. The maximum atomic E-state index is 13.0. The highest BCUT2D eigenvalue weighted by Gasteiger charge is 2.18. The zero-order valence-corrected chi connectivity index (χ0v) is 20.6. The standard InChI is InChI=1S/C28H27N3O3S/c1-3-20-8-4-5-10-23(20)29-28(35)31(15-19-11-12-24-25(13-19)34-17-33-24)16-22-14-21-9-6-7-18(2)26(21)30-27(22)32/h4-14H,3,15-17H2,1-2H3,(H,29,35)(H,30,32). The predicted octanol–water partition coefficient (Wildman–Crippen LogP) is 5.53. The number of benzene rings is 3. The van der Waals surface area contributed by atoms with E-state index in [9.17, 15) is 4.79 Å². The minimum atomic E-state index is -0.112. The lowest BCUT2D eigenvalue weighted by atomic mass is 10.1. The van der Waals surface area contributed by atoms with Crippen LogP contribution in [0.2, 0.25) is 0 Å². The van der Waals surface area contributed by atoms with Crippen LogP contribution in [0.25, 0.3) is 10.9 Å². The monoisotopic (exact) mass is 485 g/mol. The molecule has 2 N–H and O–H groups in total. The van der Waals surface area contributed by atoms with Crippen molar-refractivity contribution >= 4 is 33.9 Å². The fraction of sp³-hybridized carbons (Fsp3) is 0.214. The van der Waals surface area contributed by atoms with Gasteiger partial charge in [-0.3, -0.25) is 4.79 Å². The smallest absolute Gasteiger partial charge is 0.253 e. The summed E-state index contributed by atoms with van der Waals surface area (Å²) in [5, 5.41) is 4.96. The first kappa shape index (κ1) is 22.9. The second-order valence-corrected chi connectivity index (χ2v) is 9.03. The molecule has 2 heterocycles. The van der Waals surface area contributed by atoms with Gasteiger partial charge in [0.1, 0.15) is 0 Å². The van der Waals surface area contributed by atoms with Gasteiger partial charge < -0.3 is 24.7 Å². The van der Waals surface area contributed by atoms with Gasteiger partial charge in [0.25, 0.3) is 5.56 Å². The molecule has 1 aliphatic rings. The lowest BCUT2D eigenvalue weighted by molar-refractivity contribution is 0.174. The van der Waals surface area contributed by atoms with E-state index in [1.165, 1.54) is 5.56 Å². The number of aromatic nitrogens is 1. The van der Waals surface area contributed by atoms with Crippen molar-refractivity contribution in [3.63, 3.8) is 0 Å². The van der Waals surface area contributed by atoms with Gasteiger partial charge in [0, 0.05) is 17.8 Å². The van der Waals surface area contributed by atoms with Crippen LogP contribution in [0, 0.1) is 6.92 Å². The minimum absolute atomic E-state index is 0.112. The molecule has 0 atom stereocenters. The molecule has 0 amide bonds. The first-order valence-corrected chi connectivity index (χ1v) is 12.1. The Morgan fingerprint density at radius 3 is 2.69 bits per heavy atom. The molecule has 3 aromatic carbocycles. The van der Waals surface area contributed by atoms with Gasteiger partial charge in [-0.25, -0.2) is 0 Å². The first-order valence-electron chi connectivity index (χ1n) is 11.7. The Hall–Kier alpha value is -3.84. The fourth-order valence-electron chi connectivity index (χ4n) is 4.36. The third-order valence-electron chi connectivity index (χ3n) is 6.26. The summed E-state index contributed by atoms with van der Waals surface area (Å²) in [6, 6.07) is 21.9. The van der Waals surface area contributed by atoms with E-state index in [1.54, 1.807) is 0 Å². The van der Waals surface area contributed by atoms with E-state index in [1.807, 2.05) is 72.5 Å². The minimum Gasteiger partial charge on any atom is -0.454 e. The molecule has 7 heteroatoms. The molecule has 5 rings (SSSR count). The van der Waals surface area contributed by atoms with E-state index in [-0.39, 0.29) is 12.4 Å².